The zero-order chi connectivity index (χ0) is 9.10. The van der Waals surface area contributed by atoms with Crippen molar-refractivity contribution in [1.29, 1.82) is 0 Å². The summed E-state index contributed by atoms with van der Waals surface area (Å²) in [4.78, 5) is 5.72. The van der Waals surface area contributed by atoms with Crippen LogP contribution in [0, 0.1) is 0 Å². The van der Waals surface area contributed by atoms with E-state index in [1.165, 1.54) is 5.69 Å². The van der Waals surface area contributed by atoms with E-state index >= 15 is 0 Å². The average Bonchev–Trinajstić information content (AvgIpc) is 2.57. The van der Waals surface area contributed by atoms with Crippen molar-refractivity contribution in [1.82, 2.24) is 15.2 Å². The SMILES string of the molecule is C[C@H]1CN(Cc2ccc[nH]2)CCN1. The highest BCUT2D eigenvalue weighted by atomic mass is 15.2. The molecule has 1 aliphatic rings. The standard InChI is InChI=1S/C10H17N3/c1-9-7-13(6-5-11-9)8-10-3-2-4-12-10/h2-4,9,11-12H,5-8H2,1H3/t9-/m0/s1. The molecule has 1 aliphatic heterocycles. The quantitative estimate of drug-likeness (QED) is 0.704. The smallest absolute Gasteiger partial charge is 0.0386 e. The van der Waals surface area contributed by atoms with Crippen LogP contribution in [-0.4, -0.2) is 35.6 Å². The van der Waals surface area contributed by atoms with Crippen LogP contribution in [0.25, 0.3) is 0 Å². The number of nitrogens with one attached hydrogen (secondary N) is 2. The molecule has 72 valence electrons. The van der Waals surface area contributed by atoms with Crippen molar-refractivity contribution in [2.75, 3.05) is 19.6 Å². The predicted molar refractivity (Wildman–Crippen MR) is 53.5 cm³/mol. The molecule has 1 aromatic heterocycles. The first kappa shape index (κ1) is 8.78. The minimum Gasteiger partial charge on any atom is -0.364 e. The molecule has 0 aliphatic carbocycles. The summed E-state index contributed by atoms with van der Waals surface area (Å²) < 4.78 is 0. The summed E-state index contributed by atoms with van der Waals surface area (Å²) in [6.07, 6.45) is 1.99. The molecule has 0 bridgehead atoms. The molecule has 0 aromatic carbocycles. The number of aromatic amines is 1. The Morgan fingerprint density at radius 2 is 2.54 bits per heavy atom. The van der Waals surface area contributed by atoms with E-state index in [-0.39, 0.29) is 0 Å². The minimum atomic E-state index is 0.628. The molecular weight excluding hydrogens is 162 g/mol. The van der Waals surface area contributed by atoms with Crippen LogP contribution in [0.1, 0.15) is 12.6 Å². The molecule has 1 saturated heterocycles. The summed E-state index contributed by atoms with van der Waals surface area (Å²) in [5.41, 5.74) is 1.31. The molecule has 0 amide bonds. The second-order valence-electron chi connectivity index (χ2n) is 3.79. The Kier molecular flexibility index (Phi) is 2.66. The maximum absolute atomic E-state index is 3.44. The normalized spacial score (nSPS) is 24.8. The molecule has 3 nitrogen and oxygen atoms in total. The summed E-state index contributed by atoms with van der Waals surface area (Å²) in [7, 11) is 0. The van der Waals surface area contributed by atoms with Gasteiger partial charge >= 0.3 is 0 Å². The highest BCUT2D eigenvalue weighted by molar-refractivity contribution is 5.03. The van der Waals surface area contributed by atoms with Gasteiger partial charge in [0.15, 0.2) is 0 Å². The van der Waals surface area contributed by atoms with Crippen molar-refractivity contribution >= 4 is 0 Å². The van der Waals surface area contributed by atoms with E-state index in [4.69, 9.17) is 0 Å². The highest BCUT2D eigenvalue weighted by Crippen LogP contribution is 2.04. The van der Waals surface area contributed by atoms with Gasteiger partial charge in [-0.1, -0.05) is 0 Å². The lowest BCUT2D eigenvalue weighted by Crippen LogP contribution is -2.48. The number of hydrogen-bond donors (Lipinski definition) is 2. The van der Waals surface area contributed by atoms with Crippen molar-refractivity contribution in [3.63, 3.8) is 0 Å². The van der Waals surface area contributed by atoms with Gasteiger partial charge in [-0.05, 0) is 19.1 Å². The topological polar surface area (TPSA) is 31.1 Å². The van der Waals surface area contributed by atoms with Gasteiger partial charge in [-0.15, -0.1) is 0 Å². The fraction of sp³-hybridized carbons (Fsp3) is 0.600. The van der Waals surface area contributed by atoms with E-state index in [0.717, 1.165) is 26.2 Å². The molecule has 1 aromatic rings. The van der Waals surface area contributed by atoms with Gasteiger partial charge in [-0.25, -0.2) is 0 Å². The Balaban J connectivity index is 1.87. The van der Waals surface area contributed by atoms with Crippen LogP contribution in [-0.2, 0) is 6.54 Å². The maximum atomic E-state index is 3.44. The van der Waals surface area contributed by atoms with Gasteiger partial charge in [0, 0.05) is 44.1 Å². The molecule has 0 radical (unpaired) electrons. The lowest BCUT2D eigenvalue weighted by atomic mass is 10.2. The lowest BCUT2D eigenvalue weighted by molar-refractivity contribution is 0.198. The third-order valence-electron chi connectivity index (χ3n) is 2.51. The van der Waals surface area contributed by atoms with Crippen molar-refractivity contribution < 1.29 is 0 Å². The molecule has 2 N–H and O–H groups in total. The molecular formula is C10H17N3. The molecule has 2 heterocycles. The van der Waals surface area contributed by atoms with Crippen LogP contribution in [0.4, 0.5) is 0 Å². The fourth-order valence-corrected chi connectivity index (χ4v) is 1.86. The van der Waals surface area contributed by atoms with E-state index in [1.54, 1.807) is 0 Å². The molecule has 0 saturated carbocycles. The summed E-state index contributed by atoms with van der Waals surface area (Å²) in [5.74, 6) is 0. The largest absolute Gasteiger partial charge is 0.364 e. The van der Waals surface area contributed by atoms with Crippen LogP contribution in [0.15, 0.2) is 18.3 Å². The van der Waals surface area contributed by atoms with Crippen LogP contribution < -0.4 is 5.32 Å². The van der Waals surface area contributed by atoms with Gasteiger partial charge < -0.3 is 10.3 Å². The number of nitrogens with zero attached hydrogens (tertiary/aromatic N) is 1. The van der Waals surface area contributed by atoms with Crippen molar-refractivity contribution in [3.8, 4) is 0 Å². The lowest BCUT2D eigenvalue weighted by Gasteiger charge is -2.31. The number of piperazine rings is 1. The number of H-pyrrole nitrogens is 1. The molecule has 13 heavy (non-hydrogen) atoms. The van der Waals surface area contributed by atoms with E-state index in [0.29, 0.717) is 6.04 Å². The maximum Gasteiger partial charge on any atom is 0.0386 e. The second-order valence-corrected chi connectivity index (χ2v) is 3.79. The first-order valence-corrected chi connectivity index (χ1v) is 4.92. The third-order valence-corrected chi connectivity index (χ3v) is 2.51. The average molecular weight is 179 g/mol. The first-order chi connectivity index (χ1) is 6.34. The van der Waals surface area contributed by atoms with Gasteiger partial charge in [-0.2, -0.15) is 0 Å². The zero-order valence-corrected chi connectivity index (χ0v) is 8.09. The number of aromatic nitrogens is 1. The molecule has 1 atom stereocenters. The van der Waals surface area contributed by atoms with Crippen LogP contribution >= 0.6 is 0 Å². The number of rotatable bonds is 2. The molecule has 0 unspecified atom stereocenters. The third kappa shape index (κ3) is 2.32. The van der Waals surface area contributed by atoms with Crippen molar-refractivity contribution in [3.05, 3.63) is 24.0 Å². The molecule has 1 fully saturated rings. The Labute approximate surface area is 79.1 Å². The summed E-state index contributed by atoms with van der Waals surface area (Å²) in [6.45, 7) is 6.71. The van der Waals surface area contributed by atoms with E-state index in [1.807, 2.05) is 6.20 Å². The molecule has 3 heteroatoms. The van der Waals surface area contributed by atoms with Crippen LogP contribution in [0.5, 0.6) is 0 Å². The molecule has 0 spiro atoms. The van der Waals surface area contributed by atoms with E-state index < -0.39 is 0 Å². The summed E-state index contributed by atoms with van der Waals surface area (Å²) >= 11 is 0. The van der Waals surface area contributed by atoms with Gasteiger partial charge in [-0.3, -0.25) is 4.90 Å². The Morgan fingerprint density at radius 1 is 1.62 bits per heavy atom. The van der Waals surface area contributed by atoms with Gasteiger partial charge in [0.05, 0.1) is 0 Å². The Bertz CT molecular complexity index is 243. The van der Waals surface area contributed by atoms with Crippen molar-refractivity contribution in [2.45, 2.75) is 19.5 Å². The van der Waals surface area contributed by atoms with Gasteiger partial charge in [0.1, 0.15) is 0 Å². The summed E-state index contributed by atoms with van der Waals surface area (Å²) in [6, 6.07) is 4.83. The van der Waals surface area contributed by atoms with E-state index in [9.17, 15) is 0 Å². The Morgan fingerprint density at radius 3 is 3.23 bits per heavy atom. The van der Waals surface area contributed by atoms with Gasteiger partial charge in [0.25, 0.3) is 0 Å². The van der Waals surface area contributed by atoms with Gasteiger partial charge in [0.2, 0.25) is 0 Å². The predicted octanol–water partition coefficient (Wildman–Crippen LogP) is 0.808. The first-order valence-electron chi connectivity index (χ1n) is 4.92. The second kappa shape index (κ2) is 3.94. The molecule has 2 rings (SSSR count). The Hall–Kier alpha value is -0.800. The minimum absolute atomic E-state index is 0.628. The van der Waals surface area contributed by atoms with E-state index in [2.05, 4.69) is 34.3 Å². The highest BCUT2D eigenvalue weighted by Gasteiger charge is 2.15. The van der Waals surface area contributed by atoms with Crippen LogP contribution in [0.3, 0.4) is 0 Å². The van der Waals surface area contributed by atoms with Crippen molar-refractivity contribution in [2.24, 2.45) is 0 Å². The fourth-order valence-electron chi connectivity index (χ4n) is 1.86. The zero-order valence-electron chi connectivity index (χ0n) is 8.09. The number of hydrogen-bond acceptors (Lipinski definition) is 2. The monoisotopic (exact) mass is 179 g/mol. The summed E-state index contributed by atoms with van der Waals surface area (Å²) in [5, 5.41) is 3.44. The van der Waals surface area contributed by atoms with Crippen LogP contribution in [0.2, 0.25) is 0 Å².